The first-order valence-corrected chi connectivity index (χ1v) is 10.4. The first kappa shape index (κ1) is 22.4. The maximum Gasteiger partial charge on any atom is 0.165 e. The molecule has 0 bridgehead atoms. The van der Waals surface area contributed by atoms with Crippen molar-refractivity contribution in [3.63, 3.8) is 0 Å². The van der Waals surface area contributed by atoms with Crippen LogP contribution in [0.2, 0.25) is 0 Å². The highest BCUT2D eigenvalue weighted by Gasteiger charge is 2.17. The Hall–Kier alpha value is -2.32. The third kappa shape index (κ3) is 7.18. The zero-order valence-electron chi connectivity index (χ0n) is 17.6. The number of hydrogen-bond acceptors (Lipinski definition) is 7. The molecule has 164 valence electrons. The summed E-state index contributed by atoms with van der Waals surface area (Å²) in [5.41, 5.74) is 0.979. The Balaban J connectivity index is 1.47. The van der Waals surface area contributed by atoms with Crippen LogP contribution in [-0.4, -0.2) is 75.8 Å². The van der Waals surface area contributed by atoms with Gasteiger partial charge in [0.1, 0.15) is 25.1 Å². The average molecular weight is 417 g/mol. The minimum Gasteiger partial charge on any atom is -0.493 e. The molecule has 1 fully saturated rings. The summed E-state index contributed by atoms with van der Waals surface area (Å²) in [6, 6.07) is 15.6. The van der Waals surface area contributed by atoms with Crippen LogP contribution in [-0.2, 0) is 11.3 Å². The average Bonchev–Trinajstić information content (AvgIpc) is 2.79. The monoisotopic (exact) mass is 416 g/mol. The molecular formula is C23H32N2O5. The molecule has 2 N–H and O–H groups in total. The van der Waals surface area contributed by atoms with Crippen LogP contribution in [0.1, 0.15) is 5.56 Å². The van der Waals surface area contributed by atoms with Gasteiger partial charge in [-0.25, -0.2) is 0 Å². The Morgan fingerprint density at radius 1 is 1.07 bits per heavy atom. The highest BCUT2D eigenvalue weighted by Crippen LogP contribution is 2.31. The quantitative estimate of drug-likeness (QED) is 0.512. The Labute approximate surface area is 178 Å². The van der Waals surface area contributed by atoms with E-state index < -0.39 is 6.10 Å². The van der Waals surface area contributed by atoms with Crippen LogP contribution in [0.5, 0.6) is 17.2 Å². The molecule has 0 amide bonds. The van der Waals surface area contributed by atoms with Crippen LogP contribution in [0.15, 0.2) is 48.5 Å². The molecule has 0 aliphatic carbocycles. The summed E-state index contributed by atoms with van der Waals surface area (Å²) in [5.74, 6) is 2.19. The molecule has 1 heterocycles. The van der Waals surface area contributed by atoms with E-state index in [1.54, 1.807) is 7.11 Å². The summed E-state index contributed by atoms with van der Waals surface area (Å²) in [6.45, 7) is 5.77. The molecule has 3 rings (SSSR count). The summed E-state index contributed by atoms with van der Waals surface area (Å²) in [5, 5.41) is 13.8. The van der Waals surface area contributed by atoms with E-state index in [0.717, 1.165) is 24.4 Å². The number of aliphatic hydroxyl groups is 1. The van der Waals surface area contributed by atoms with Crippen LogP contribution in [0.4, 0.5) is 0 Å². The summed E-state index contributed by atoms with van der Waals surface area (Å²) in [4.78, 5) is 2.19. The van der Waals surface area contributed by atoms with Crippen molar-refractivity contribution in [2.45, 2.75) is 12.6 Å². The molecule has 0 saturated carbocycles. The largest absolute Gasteiger partial charge is 0.493 e. The van der Waals surface area contributed by atoms with Crippen molar-refractivity contribution in [3.05, 3.63) is 54.1 Å². The van der Waals surface area contributed by atoms with Gasteiger partial charge in [0.25, 0.3) is 0 Å². The molecule has 2 aromatic rings. The Morgan fingerprint density at radius 3 is 2.63 bits per heavy atom. The molecule has 1 atom stereocenters. The molecule has 30 heavy (non-hydrogen) atoms. The lowest BCUT2D eigenvalue weighted by molar-refractivity contribution is 0.00436. The first-order valence-electron chi connectivity index (χ1n) is 10.4. The van der Waals surface area contributed by atoms with Gasteiger partial charge in [0, 0.05) is 38.3 Å². The summed E-state index contributed by atoms with van der Waals surface area (Å²) in [6.07, 6.45) is -0.576. The maximum absolute atomic E-state index is 10.4. The SMILES string of the molecule is COc1cccc(CNCCOc2ccccc2)c1OCC(O)CN1CCOCC1. The molecule has 1 aliphatic rings. The fourth-order valence-corrected chi connectivity index (χ4v) is 3.32. The topological polar surface area (TPSA) is 72.4 Å². The second-order valence-electron chi connectivity index (χ2n) is 7.16. The normalized spacial score (nSPS) is 15.5. The number of nitrogens with zero attached hydrogens (tertiary/aromatic N) is 1. The number of morpholine rings is 1. The van der Waals surface area contributed by atoms with E-state index in [-0.39, 0.29) is 6.61 Å². The molecule has 1 saturated heterocycles. The maximum atomic E-state index is 10.4. The van der Waals surface area contributed by atoms with Crippen molar-refractivity contribution in [2.75, 3.05) is 59.7 Å². The third-order valence-electron chi connectivity index (χ3n) is 4.88. The molecule has 7 nitrogen and oxygen atoms in total. The first-order chi connectivity index (χ1) is 14.8. The van der Waals surface area contributed by atoms with E-state index in [2.05, 4.69) is 10.2 Å². The van der Waals surface area contributed by atoms with Crippen molar-refractivity contribution < 1.29 is 24.1 Å². The number of ether oxygens (including phenoxy) is 4. The van der Waals surface area contributed by atoms with E-state index >= 15 is 0 Å². The Kier molecular flexibility index (Phi) is 9.24. The minimum absolute atomic E-state index is 0.210. The van der Waals surface area contributed by atoms with E-state index in [0.29, 0.717) is 51.0 Å². The molecule has 0 radical (unpaired) electrons. The molecule has 2 aromatic carbocycles. The lowest BCUT2D eigenvalue weighted by Crippen LogP contribution is -2.42. The Morgan fingerprint density at radius 2 is 1.87 bits per heavy atom. The van der Waals surface area contributed by atoms with Crippen molar-refractivity contribution in [1.29, 1.82) is 0 Å². The van der Waals surface area contributed by atoms with Crippen molar-refractivity contribution in [3.8, 4) is 17.2 Å². The molecular weight excluding hydrogens is 384 g/mol. The number of nitrogens with one attached hydrogen (secondary N) is 1. The molecule has 0 spiro atoms. The summed E-state index contributed by atoms with van der Waals surface area (Å²) >= 11 is 0. The van der Waals surface area contributed by atoms with E-state index in [1.807, 2.05) is 48.5 Å². The number of para-hydroxylation sites is 2. The summed E-state index contributed by atoms with van der Waals surface area (Å²) in [7, 11) is 1.62. The van der Waals surface area contributed by atoms with Crippen LogP contribution in [0, 0.1) is 0 Å². The van der Waals surface area contributed by atoms with Crippen LogP contribution in [0.25, 0.3) is 0 Å². The van der Waals surface area contributed by atoms with Crippen LogP contribution >= 0.6 is 0 Å². The second-order valence-corrected chi connectivity index (χ2v) is 7.16. The molecule has 1 unspecified atom stereocenters. The highest BCUT2D eigenvalue weighted by molar-refractivity contribution is 5.46. The van der Waals surface area contributed by atoms with E-state index in [1.165, 1.54) is 0 Å². The van der Waals surface area contributed by atoms with Gasteiger partial charge >= 0.3 is 0 Å². The van der Waals surface area contributed by atoms with Gasteiger partial charge in [-0.3, -0.25) is 4.90 Å². The highest BCUT2D eigenvalue weighted by atomic mass is 16.5. The molecule has 1 aliphatic heterocycles. The van der Waals surface area contributed by atoms with Gasteiger partial charge in [-0.05, 0) is 18.2 Å². The van der Waals surface area contributed by atoms with Gasteiger partial charge in [-0.15, -0.1) is 0 Å². The number of benzene rings is 2. The van der Waals surface area contributed by atoms with Gasteiger partial charge < -0.3 is 29.4 Å². The predicted octanol–water partition coefficient (Wildman–Crippen LogP) is 1.94. The summed E-state index contributed by atoms with van der Waals surface area (Å²) < 4.78 is 22.5. The fourth-order valence-electron chi connectivity index (χ4n) is 3.32. The Bertz CT molecular complexity index is 738. The standard InChI is InChI=1S/C23H32N2O5/c1-27-22-9-5-6-19(16-24-10-13-29-21-7-3-2-4-8-21)23(22)30-18-20(26)17-25-11-14-28-15-12-25/h2-9,20,24,26H,10-18H2,1H3. The fraction of sp³-hybridized carbons (Fsp3) is 0.478. The number of β-amino-alcohol motifs (C(OH)–C–C–N with tert-alkyl or cyclic N) is 1. The molecule has 0 aromatic heterocycles. The third-order valence-corrected chi connectivity index (χ3v) is 4.88. The van der Waals surface area contributed by atoms with Crippen molar-refractivity contribution in [1.82, 2.24) is 10.2 Å². The number of hydrogen-bond donors (Lipinski definition) is 2. The van der Waals surface area contributed by atoms with Crippen LogP contribution in [0.3, 0.4) is 0 Å². The van der Waals surface area contributed by atoms with Crippen molar-refractivity contribution in [2.24, 2.45) is 0 Å². The van der Waals surface area contributed by atoms with Crippen molar-refractivity contribution >= 4 is 0 Å². The number of aliphatic hydroxyl groups excluding tert-OH is 1. The van der Waals surface area contributed by atoms with Gasteiger partial charge in [0.05, 0.1) is 20.3 Å². The lowest BCUT2D eigenvalue weighted by Gasteiger charge is -2.28. The zero-order valence-corrected chi connectivity index (χ0v) is 17.6. The predicted molar refractivity (Wildman–Crippen MR) is 115 cm³/mol. The van der Waals surface area contributed by atoms with Gasteiger partial charge in [-0.1, -0.05) is 30.3 Å². The van der Waals surface area contributed by atoms with Gasteiger partial charge in [0.15, 0.2) is 11.5 Å². The van der Waals surface area contributed by atoms with Gasteiger partial charge in [-0.2, -0.15) is 0 Å². The van der Waals surface area contributed by atoms with Gasteiger partial charge in [0.2, 0.25) is 0 Å². The zero-order chi connectivity index (χ0) is 21.0. The molecule has 7 heteroatoms. The van der Waals surface area contributed by atoms with E-state index in [4.69, 9.17) is 18.9 Å². The number of methoxy groups -OCH3 is 1. The number of rotatable bonds is 12. The smallest absolute Gasteiger partial charge is 0.165 e. The minimum atomic E-state index is -0.576. The van der Waals surface area contributed by atoms with Crippen LogP contribution < -0.4 is 19.5 Å². The van der Waals surface area contributed by atoms with E-state index in [9.17, 15) is 5.11 Å². The second kappa shape index (κ2) is 12.4. The lowest BCUT2D eigenvalue weighted by atomic mass is 10.2.